The summed E-state index contributed by atoms with van der Waals surface area (Å²) in [7, 11) is 0. The summed E-state index contributed by atoms with van der Waals surface area (Å²) in [6.45, 7) is 0. The van der Waals surface area contributed by atoms with E-state index in [1.807, 2.05) is 0 Å². The van der Waals surface area contributed by atoms with Gasteiger partial charge in [0.15, 0.2) is 10.8 Å². The van der Waals surface area contributed by atoms with E-state index in [0.717, 1.165) is 4.68 Å². The maximum absolute atomic E-state index is 12.6. The smallest absolute Gasteiger partial charge is 0.301 e. The van der Waals surface area contributed by atoms with Crippen LogP contribution in [0.5, 0.6) is 0 Å². The number of aromatic amines is 1. The SMILES string of the molecule is NC(=S)n1[nH]c(-c2ccc([N+](=O)[O-])cc2)c(N=Nc2ccc([N+](=O)[O-])cc2)c1=O. The Balaban J connectivity index is 2.05. The fraction of sp³-hybridized carbons (Fsp3) is 0. The van der Waals surface area contributed by atoms with E-state index in [9.17, 15) is 25.0 Å². The summed E-state index contributed by atoms with van der Waals surface area (Å²) in [5.41, 5.74) is 5.37. The molecule has 0 radical (unpaired) electrons. The number of thiocarbonyl (C=S) groups is 1. The normalized spacial score (nSPS) is 10.9. The van der Waals surface area contributed by atoms with Crippen LogP contribution >= 0.6 is 12.2 Å². The number of non-ortho nitro benzene ring substituents is 2. The van der Waals surface area contributed by atoms with Crippen molar-refractivity contribution in [2.24, 2.45) is 16.0 Å². The van der Waals surface area contributed by atoms with Crippen LogP contribution in [-0.4, -0.2) is 24.7 Å². The Morgan fingerprint density at radius 3 is 1.97 bits per heavy atom. The van der Waals surface area contributed by atoms with E-state index in [1.54, 1.807) is 0 Å². The summed E-state index contributed by atoms with van der Waals surface area (Å²) in [6.07, 6.45) is 0. The van der Waals surface area contributed by atoms with E-state index in [2.05, 4.69) is 15.3 Å². The molecule has 1 aromatic heterocycles. The first-order valence-electron chi connectivity index (χ1n) is 7.84. The number of hydrogen-bond acceptors (Lipinski definition) is 8. The van der Waals surface area contributed by atoms with Gasteiger partial charge in [-0.05, 0) is 36.5 Å². The van der Waals surface area contributed by atoms with Crippen molar-refractivity contribution in [2.75, 3.05) is 0 Å². The van der Waals surface area contributed by atoms with Crippen LogP contribution < -0.4 is 11.3 Å². The maximum Gasteiger partial charge on any atom is 0.301 e. The van der Waals surface area contributed by atoms with Gasteiger partial charge < -0.3 is 5.73 Å². The van der Waals surface area contributed by atoms with Crippen molar-refractivity contribution in [3.05, 3.63) is 79.1 Å². The fourth-order valence-corrected chi connectivity index (χ4v) is 2.50. The summed E-state index contributed by atoms with van der Waals surface area (Å²) >= 11 is 4.83. The zero-order valence-corrected chi connectivity index (χ0v) is 15.2. The molecule has 3 aromatic rings. The van der Waals surface area contributed by atoms with Gasteiger partial charge in [-0.15, -0.1) is 5.11 Å². The first-order valence-corrected chi connectivity index (χ1v) is 8.24. The first-order chi connectivity index (χ1) is 13.8. The zero-order chi connectivity index (χ0) is 21.1. The van der Waals surface area contributed by atoms with Crippen molar-refractivity contribution >= 4 is 40.1 Å². The van der Waals surface area contributed by atoms with Crippen LogP contribution in [0, 0.1) is 20.2 Å². The minimum atomic E-state index is -0.670. The van der Waals surface area contributed by atoms with Gasteiger partial charge in [-0.1, -0.05) is 0 Å². The van der Waals surface area contributed by atoms with Gasteiger partial charge in [0.05, 0.1) is 21.2 Å². The van der Waals surface area contributed by atoms with Crippen molar-refractivity contribution in [1.29, 1.82) is 0 Å². The van der Waals surface area contributed by atoms with Crippen LogP contribution in [0.15, 0.2) is 63.6 Å². The highest BCUT2D eigenvalue weighted by molar-refractivity contribution is 7.80. The third-order valence-corrected chi connectivity index (χ3v) is 3.96. The van der Waals surface area contributed by atoms with E-state index in [4.69, 9.17) is 18.0 Å². The lowest BCUT2D eigenvalue weighted by atomic mass is 10.1. The van der Waals surface area contributed by atoms with E-state index in [-0.39, 0.29) is 33.6 Å². The molecule has 0 aliphatic carbocycles. The number of nitro benzene ring substituents is 2. The number of nitrogens with one attached hydrogen (secondary N) is 1. The second-order valence-corrected chi connectivity index (χ2v) is 6.01. The molecule has 3 rings (SSSR count). The summed E-state index contributed by atoms with van der Waals surface area (Å²) in [5.74, 6) is 0. The monoisotopic (exact) mass is 413 g/mol. The summed E-state index contributed by atoms with van der Waals surface area (Å²) in [6, 6.07) is 10.6. The third-order valence-electron chi connectivity index (χ3n) is 3.78. The van der Waals surface area contributed by atoms with E-state index < -0.39 is 15.4 Å². The van der Waals surface area contributed by atoms with Crippen LogP contribution in [0.3, 0.4) is 0 Å². The second kappa shape index (κ2) is 7.77. The Morgan fingerprint density at radius 1 is 0.966 bits per heavy atom. The standard InChI is InChI=1S/C16H11N7O5S/c17-16(29)21-15(24)14(19-18-10-3-7-12(8-4-10)23(27)28)13(20-21)9-1-5-11(6-2-9)22(25)26/h1-8,20H,(H2,17,29). The Kier molecular flexibility index (Phi) is 5.23. The molecule has 0 unspecified atom stereocenters. The van der Waals surface area contributed by atoms with Gasteiger partial charge in [0.1, 0.15) is 0 Å². The molecule has 2 aromatic carbocycles. The first kappa shape index (κ1) is 19.5. The molecule has 0 aliphatic heterocycles. The number of hydrogen-bond donors (Lipinski definition) is 2. The Hall–Kier alpha value is -4.26. The van der Waals surface area contributed by atoms with Crippen molar-refractivity contribution < 1.29 is 9.85 Å². The predicted molar refractivity (Wildman–Crippen MR) is 107 cm³/mol. The maximum atomic E-state index is 12.6. The van der Waals surface area contributed by atoms with E-state index in [1.165, 1.54) is 48.5 Å². The highest BCUT2D eigenvalue weighted by Gasteiger charge is 2.18. The molecule has 13 heteroatoms. The molecule has 0 spiro atoms. The number of azo groups is 1. The predicted octanol–water partition coefficient (Wildman–Crippen LogP) is 3.17. The number of nitro groups is 2. The van der Waals surface area contributed by atoms with Crippen LogP contribution in [0.1, 0.15) is 0 Å². The van der Waals surface area contributed by atoms with Crippen LogP contribution in [0.4, 0.5) is 22.7 Å². The molecule has 0 saturated carbocycles. The molecule has 0 bridgehead atoms. The van der Waals surface area contributed by atoms with Crippen molar-refractivity contribution in [3.63, 3.8) is 0 Å². The molecular formula is C16H11N7O5S. The molecule has 1 heterocycles. The molecular weight excluding hydrogens is 402 g/mol. The van der Waals surface area contributed by atoms with Crippen molar-refractivity contribution in [2.45, 2.75) is 0 Å². The lowest BCUT2D eigenvalue weighted by Crippen LogP contribution is -2.29. The second-order valence-electron chi connectivity index (χ2n) is 5.59. The molecule has 0 aliphatic rings. The van der Waals surface area contributed by atoms with Crippen LogP contribution in [-0.2, 0) is 0 Å². The van der Waals surface area contributed by atoms with Gasteiger partial charge >= 0.3 is 5.56 Å². The van der Waals surface area contributed by atoms with Gasteiger partial charge in [0, 0.05) is 29.8 Å². The average Bonchev–Trinajstić information content (AvgIpc) is 3.03. The van der Waals surface area contributed by atoms with Crippen LogP contribution in [0.25, 0.3) is 11.3 Å². The average molecular weight is 413 g/mol. The lowest BCUT2D eigenvalue weighted by molar-refractivity contribution is -0.385. The van der Waals surface area contributed by atoms with Crippen molar-refractivity contribution in [3.8, 4) is 11.3 Å². The molecule has 12 nitrogen and oxygen atoms in total. The quantitative estimate of drug-likeness (QED) is 0.279. The summed E-state index contributed by atoms with van der Waals surface area (Å²) < 4.78 is 0.885. The zero-order valence-electron chi connectivity index (χ0n) is 14.4. The Bertz CT molecular complexity index is 1200. The van der Waals surface area contributed by atoms with E-state index >= 15 is 0 Å². The number of H-pyrrole nitrogens is 1. The number of aromatic nitrogens is 2. The number of nitrogens with two attached hydrogens (primary N) is 1. The summed E-state index contributed by atoms with van der Waals surface area (Å²) in [4.78, 5) is 33.0. The third kappa shape index (κ3) is 4.03. The lowest BCUT2D eigenvalue weighted by Gasteiger charge is -2.00. The topological polar surface area (TPSA) is 175 Å². The number of rotatable bonds is 5. The summed E-state index contributed by atoms with van der Waals surface area (Å²) in [5, 5.41) is 31.8. The molecule has 3 N–H and O–H groups in total. The van der Waals surface area contributed by atoms with E-state index in [0.29, 0.717) is 5.56 Å². The highest BCUT2D eigenvalue weighted by atomic mass is 32.1. The molecule has 146 valence electrons. The Labute approximate surface area is 166 Å². The fourth-order valence-electron chi connectivity index (χ4n) is 2.38. The van der Waals surface area contributed by atoms with Gasteiger partial charge in [0.25, 0.3) is 11.4 Å². The largest absolute Gasteiger partial charge is 0.374 e. The van der Waals surface area contributed by atoms with Crippen LogP contribution in [0.2, 0.25) is 0 Å². The number of nitrogens with zero attached hydrogens (tertiary/aromatic N) is 5. The van der Waals surface area contributed by atoms with Gasteiger partial charge in [-0.3, -0.25) is 30.1 Å². The molecule has 0 atom stereocenters. The minimum absolute atomic E-state index is 0.118. The van der Waals surface area contributed by atoms with Gasteiger partial charge in [-0.25, -0.2) is 0 Å². The molecule has 0 amide bonds. The minimum Gasteiger partial charge on any atom is -0.374 e. The van der Waals surface area contributed by atoms with Gasteiger partial charge in [-0.2, -0.15) is 9.80 Å². The molecule has 0 fully saturated rings. The van der Waals surface area contributed by atoms with Crippen molar-refractivity contribution in [1.82, 2.24) is 9.78 Å². The number of benzene rings is 2. The Morgan fingerprint density at radius 2 is 1.48 bits per heavy atom. The van der Waals surface area contributed by atoms with Gasteiger partial charge in [0.2, 0.25) is 0 Å². The highest BCUT2D eigenvalue weighted by Crippen LogP contribution is 2.29. The molecule has 29 heavy (non-hydrogen) atoms. The molecule has 0 saturated heterocycles.